The van der Waals surface area contributed by atoms with Gasteiger partial charge < -0.3 is 14.4 Å². The van der Waals surface area contributed by atoms with Crippen LogP contribution >= 0.6 is 0 Å². The topological polar surface area (TPSA) is 78.6 Å². The summed E-state index contributed by atoms with van der Waals surface area (Å²) in [6, 6.07) is 12.8. The van der Waals surface area contributed by atoms with Crippen molar-refractivity contribution < 1.29 is 18.7 Å². The SMILES string of the molecule is C=CC(=O)N1CC[C@@H](n2c(=O)n(-c3ccc(Oc4cccc(OC)c4)c(F)c3)c3cnccc32)C1. The molecule has 0 unspecified atom stereocenters. The smallest absolute Gasteiger partial charge is 0.334 e. The number of carbonyl (C=O) groups is 1. The van der Waals surface area contributed by atoms with Crippen LogP contribution in [0.2, 0.25) is 0 Å². The Kier molecular flexibility index (Phi) is 5.82. The number of imidazole rings is 1. The molecule has 1 amide bonds. The minimum atomic E-state index is -0.620. The third-order valence-electron chi connectivity index (χ3n) is 6.13. The fraction of sp³-hybridized carbons (Fsp3) is 0.192. The van der Waals surface area contributed by atoms with Gasteiger partial charge in [-0.05, 0) is 42.8 Å². The molecule has 3 heterocycles. The number of fused-ring (bicyclic) bond motifs is 1. The van der Waals surface area contributed by atoms with Crippen LogP contribution < -0.4 is 15.2 Å². The fourth-order valence-electron chi connectivity index (χ4n) is 4.46. The first-order chi connectivity index (χ1) is 17.0. The second-order valence-corrected chi connectivity index (χ2v) is 8.18. The Morgan fingerprint density at radius 1 is 1.17 bits per heavy atom. The number of halogens is 1. The lowest BCUT2D eigenvalue weighted by molar-refractivity contribution is -0.125. The molecular formula is C26H23FN4O4. The van der Waals surface area contributed by atoms with E-state index in [4.69, 9.17) is 9.47 Å². The molecule has 2 aromatic carbocycles. The average molecular weight is 474 g/mol. The summed E-state index contributed by atoms with van der Waals surface area (Å²) in [4.78, 5) is 31.5. The first-order valence-corrected chi connectivity index (χ1v) is 11.1. The summed E-state index contributed by atoms with van der Waals surface area (Å²) in [6.07, 6.45) is 5.09. The zero-order valence-corrected chi connectivity index (χ0v) is 19.1. The molecule has 9 heteroatoms. The Bertz CT molecular complexity index is 1490. The molecule has 1 saturated heterocycles. The Hall–Kier alpha value is -4.40. The monoisotopic (exact) mass is 474 g/mol. The van der Waals surface area contributed by atoms with Gasteiger partial charge in [0.25, 0.3) is 0 Å². The number of nitrogens with zero attached hydrogens (tertiary/aromatic N) is 4. The van der Waals surface area contributed by atoms with E-state index in [1.807, 2.05) is 0 Å². The van der Waals surface area contributed by atoms with Gasteiger partial charge in [0.05, 0.1) is 36.1 Å². The molecule has 1 atom stereocenters. The molecule has 178 valence electrons. The molecule has 0 saturated carbocycles. The maximum absolute atomic E-state index is 15.1. The number of amides is 1. The maximum atomic E-state index is 15.1. The molecule has 1 fully saturated rings. The van der Waals surface area contributed by atoms with Crippen LogP contribution in [0.15, 0.2) is 78.4 Å². The molecule has 0 spiro atoms. The number of aromatic nitrogens is 3. The van der Waals surface area contributed by atoms with Crippen LogP contribution in [0.5, 0.6) is 17.2 Å². The van der Waals surface area contributed by atoms with E-state index < -0.39 is 5.82 Å². The number of rotatable bonds is 6. The summed E-state index contributed by atoms with van der Waals surface area (Å²) < 4.78 is 29.0. The summed E-state index contributed by atoms with van der Waals surface area (Å²) in [6.45, 7) is 4.47. The highest BCUT2D eigenvalue weighted by Crippen LogP contribution is 2.30. The average Bonchev–Trinajstić information content (AvgIpc) is 3.47. The van der Waals surface area contributed by atoms with Crippen molar-refractivity contribution in [1.29, 1.82) is 0 Å². The third-order valence-corrected chi connectivity index (χ3v) is 6.13. The molecule has 0 aliphatic carbocycles. The maximum Gasteiger partial charge on any atom is 0.334 e. The minimum absolute atomic E-state index is 0.0197. The van der Waals surface area contributed by atoms with Gasteiger partial charge in [0, 0.05) is 31.4 Å². The van der Waals surface area contributed by atoms with Gasteiger partial charge in [-0.3, -0.25) is 18.9 Å². The van der Waals surface area contributed by atoms with Crippen LogP contribution in [0.1, 0.15) is 12.5 Å². The van der Waals surface area contributed by atoms with Crippen LogP contribution in [-0.2, 0) is 4.79 Å². The number of benzene rings is 2. The molecule has 2 aromatic heterocycles. The lowest BCUT2D eigenvalue weighted by Gasteiger charge is -2.15. The normalized spacial score (nSPS) is 15.4. The summed E-state index contributed by atoms with van der Waals surface area (Å²) in [5.74, 6) is 0.247. The number of hydrogen-bond acceptors (Lipinski definition) is 5. The lowest BCUT2D eigenvalue weighted by atomic mass is 10.2. The Morgan fingerprint density at radius 2 is 2.00 bits per heavy atom. The van der Waals surface area contributed by atoms with Crippen LogP contribution in [0.3, 0.4) is 0 Å². The first kappa shape index (κ1) is 22.4. The van der Waals surface area contributed by atoms with E-state index in [9.17, 15) is 9.59 Å². The highest BCUT2D eigenvalue weighted by molar-refractivity contribution is 5.87. The van der Waals surface area contributed by atoms with Gasteiger partial charge in [0.1, 0.15) is 11.5 Å². The molecule has 5 rings (SSSR count). The van der Waals surface area contributed by atoms with Crippen molar-refractivity contribution in [3.8, 4) is 22.9 Å². The summed E-state index contributed by atoms with van der Waals surface area (Å²) in [7, 11) is 1.54. The van der Waals surface area contributed by atoms with Crippen molar-refractivity contribution in [2.75, 3.05) is 20.2 Å². The highest BCUT2D eigenvalue weighted by Gasteiger charge is 2.30. The van der Waals surface area contributed by atoms with Crippen molar-refractivity contribution in [2.24, 2.45) is 0 Å². The van der Waals surface area contributed by atoms with Crippen molar-refractivity contribution >= 4 is 16.9 Å². The molecule has 0 bridgehead atoms. The highest BCUT2D eigenvalue weighted by atomic mass is 19.1. The second kappa shape index (κ2) is 9.09. The quantitative estimate of drug-likeness (QED) is 0.394. The Balaban J connectivity index is 1.52. The molecular weight excluding hydrogens is 451 g/mol. The summed E-state index contributed by atoms with van der Waals surface area (Å²) in [5.41, 5.74) is 1.23. The predicted octanol–water partition coefficient (Wildman–Crippen LogP) is 4.09. The van der Waals surface area contributed by atoms with Crippen molar-refractivity contribution in [3.05, 3.63) is 89.9 Å². The zero-order valence-electron chi connectivity index (χ0n) is 19.1. The molecule has 0 N–H and O–H groups in total. The molecule has 1 aliphatic heterocycles. The summed E-state index contributed by atoms with van der Waals surface area (Å²) in [5, 5.41) is 0. The van der Waals surface area contributed by atoms with Crippen molar-refractivity contribution in [3.63, 3.8) is 0 Å². The second-order valence-electron chi connectivity index (χ2n) is 8.18. The van der Waals surface area contributed by atoms with E-state index in [0.29, 0.717) is 47.7 Å². The lowest BCUT2D eigenvalue weighted by Crippen LogP contribution is -2.31. The molecule has 35 heavy (non-hydrogen) atoms. The van der Waals surface area contributed by atoms with E-state index >= 15 is 4.39 Å². The van der Waals surface area contributed by atoms with Crippen molar-refractivity contribution in [2.45, 2.75) is 12.5 Å². The van der Waals surface area contributed by atoms with Crippen LogP contribution in [0.4, 0.5) is 4.39 Å². The molecule has 8 nitrogen and oxygen atoms in total. The fourth-order valence-corrected chi connectivity index (χ4v) is 4.46. The Labute approximate surface area is 200 Å². The standard InChI is InChI=1S/C26H23FN4O4/c1-3-25(32)29-12-10-18(16-29)31-22-9-11-28-15-23(22)30(26(31)33)17-7-8-24(21(27)13-17)35-20-6-4-5-19(14-20)34-2/h3-9,11,13-15,18H,1,10,12,16H2,2H3/t18-/m1/s1. The van der Waals surface area contributed by atoms with Gasteiger partial charge in [-0.2, -0.15) is 0 Å². The molecule has 0 radical (unpaired) electrons. The van der Waals surface area contributed by atoms with Crippen molar-refractivity contribution in [1.82, 2.24) is 19.0 Å². The van der Waals surface area contributed by atoms with E-state index in [-0.39, 0.29) is 23.4 Å². The number of ether oxygens (including phenoxy) is 2. The third kappa shape index (κ3) is 4.05. The van der Waals surface area contributed by atoms with Gasteiger partial charge in [-0.25, -0.2) is 9.18 Å². The molecule has 1 aliphatic rings. The number of methoxy groups -OCH3 is 1. The van der Waals surface area contributed by atoms with E-state index in [2.05, 4.69) is 11.6 Å². The van der Waals surface area contributed by atoms with Gasteiger partial charge in [0.15, 0.2) is 11.6 Å². The Morgan fingerprint density at radius 3 is 2.77 bits per heavy atom. The van der Waals surface area contributed by atoms with E-state index in [1.165, 1.54) is 29.9 Å². The van der Waals surface area contributed by atoms with Gasteiger partial charge in [-0.15, -0.1) is 0 Å². The van der Waals surface area contributed by atoms with Crippen LogP contribution in [0, 0.1) is 5.82 Å². The number of likely N-dealkylation sites (tertiary alicyclic amines) is 1. The van der Waals surface area contributed by atoms with Gasteiger partial charge in [0.2, 0.25) is 5.91 Å². The van der Waals surface area contributed by atoms with E-state index in [0.717, 1.165) is 0 Å². The van der Waals surface area contributed by atoms with Gasteiger partial charge >= 0.3 is 5.69 Å². The zero-order chi connectivity index (χ0) is 24.5. The van der Waals surface area contributed by atoms with Gasteiger partial charge in [-0.1, -0.05) is 12.6 Å². The molecule has 4 aromatic rings. The number of carbonyl (C=O) groups excluding carboxylic acids is 1. The van der Waals surface area contributed by atoms with Crippen LogP contribution in [-0.4, -0.2) is 45.1 Å². The largest absolute Gasteiger partial charge is 0.497 e. The summed E-state index contributed by atoms with van der Waals surface area (Å²) >= 11 is 0. The van der Waals surface area contributed by atoms with Crippen LogP contribution in [0.25, 0.3) is 16.7 Å². The predicted molar refractivity (Wildman–Crippen MR) is 129 cm³/mol. The first-order valence-electron chi connectivity index (χ1n) is 11.1. The van der Waals surface area contributed by atoms with E-state index in [1.54, 1.807) is 58.3 Å². The number of hydrogen-bond donors (Lipinski definition) is 0. The number of pyridine rings is 1. The minimum Gasteiger partial charge on any atom is -0.497 e.